The number of unbranched alkanes of at least 4 members (excludes halogenated alkanes) is 32. The molecule has 6 N–H and O–H groups in total. The first-order valence-electron chi connectivity index (χ1n) is 29.8. The van der Waals surface area contributed by atoms with Gasteiger partial charge >= 0.3 is 5.97 Å². The van der Waals surface area contributed by atoms with Crippen molar-refractivity contribution >= 4 is 11.9 Å². The second kappa shape index (κ2) is 48.8. The fraction of sp³-hybridized carbons (Fsp3) is 0.867. The van der Waals surface area contributed by atoms with Crippen molar-refractivity contribution in [1.29, 1.82) is 0 Å². The van der Waals surface area contributed by atoms with Crippen molar-refractivity contribution in [1.82, 2.24) is 5.32 Å². The third-order valence-corrected chi connectivity index (χ3v) is 14.0. The molecule has 0 aromatic rings. The molecule has 11 nitrogen and oxygen atoms in total. The van der Waals surface area contributed by atoms with E-state index in [1.807, 2.05) is 6.08 Å². The van der Waals surface area contributed by atoms with Gasteiger partial charge in [-0.25, -0.2) is 0 Å². The minimum atomic E-state index is -1.61. The lowest BCUT2D eigenvalue weighted by molar-refractivity contribution is -0.305. The van der Waals surface area contributed by atoms with Crippen molar-refractivity contribution in [2.45, 2.75) is 320 Å². The summed E-state index contributed by atoms with van der Waals surface area (Å²) in [6.45, 7) is 5.76. The van der Waals surface area contributed by atoms with Crippen molar-refractivity contribution in [3.8, 4) is 0 Å². The summed E-state index contributed by atoms with van der Waals surface area (Å²) in [7, 11) is 0. The van der Waals surface area contributed by atoms with Crippen LogP contribution in [-0.2, 0) is 23.8 Å². The molecule has 0 bridgehead atoms. The lowest BCUT2D eigenvalue weighted by atomic mass is 9.99. The molecule has 1 fully saturated rings. The quantitative estimate of drug-likeness (QED) is 0.0195. The highest BCUT2D eigenvalue weighted by Gasteiger charge is 2.47. The number of hydrogen-bond acceptors (Lipinski definition) is 10. The number of allylic oxidation sites excluding steroid dienone is 5. The number of esters is 1. The normalized spacial score (nSPS) is 19.8. The molecule has 0 aliphatic carbocycles. The Bertz CT molecular complexity index is 1290. The topological polar surface area (TPSA) is 175 Å². The van der Waals surface area contributed by atoms with Gasteiger partial charge in [-0.2, -0.15) is 0 Å². The van der Waals surface area contributed by atoms with Crippen LogP contribution in [0.5, 0.6) is 0 Å². The SMILES string of the molecule is CCCCCCCC/C=C\CCCCC(O)C(=O)NC(COC1OC(CO)C(O)C(O)C1OC(=O)CCCCCCCCC/C=C/CCCCCCCC)C(O)/C=C/CCCCCCCCCCCCC. The maximum atomic E-state index is 13.4. The molecule has 11 heteroatoms. The lowest BCUT2D eigenvalue weighted by Gasteiger charge is -2.41. The fourth-order valence-corrected chi connectivity index (χ4v) is 9.23. The number of aliphatic hydroxyl groups excluding tert-OH is 5. The molecule has 1 aliphatic rings. The first kappa shape index (κ1) is 66.9. The summed E-state index contributed by atoms with van der Waals surface area (Å²) >= 11 is 0. The minimum Gasteiger partial charge on any atom is -0.454 e. The zero-order valence-electron chi connectivity index (χ0n) is 45.9. The van der Waals surface area contributed by atoms with E-state index in [0.717, 1.165) is 70.6 Å². The van der Waals surface area contributed by atoms with E-state index in [1.165, 1.54) is 154 Å². The first-order valence-corrected chi connectivity index (χ1v) is 29.8. The molecule has 8 unspecified atom stereocenters. The molecule has 0 radical (unpaired) electrons. The monoisotopic (exact) mass is 1010 g/mol. The molecule has 416 valence electrons. The molecular weight excluding hydrogens is 895 g/mol. The Balaban J connectivity index is 2.72. The number of hydrogen-bond donors (Lipinski definition) is 6. The van der Waals surface area contributed by atoms with E-state index in [2.05, 4.69) is 50.4 Å². The highest BCUT2D eigenvalue weighted by molar-refractivity contribution is 5.80. The summed E-state index contributed by atoms with van der Waals surface area (Å²) in [5, 5.41) is 56.8. The Hall–Kier alpha value is -2.12. The van der Waals surface area contributed by atoms with Gasteiger partial charge in [0.15, 0.2) is 12.4 Å². The Morgan fingerprint density at radius 1 is 0.535 bits per heavy atom. The van der Waals surface area contributed by atoms with E-state index >= 15 is 0 Å². The Kier molecular flexibility index (Phi) is 46.0. The van der Waals surface area contributed by atoms with Crippen molar-refractivity contribution in [2.75, 3.05) is 13.2 Å². The maximum Gasteiger partial charge on any atom is 0.306 e. The summed E-state index contributed by atoms with van der Waals surface area (Å²) in [5.41, 5.74) is 0. The van der Waals surface area contributed by atoms with Crippen LogP contribution < -0.4 is 5.32 Å². The summed E-state index contributed by atoms with van der Waals surface area (Å²) < 4.78 is 17.6. The number of amides is 1. The summed E-state index contributed by atoms with van der Waals surface area (Å²) in [6, 6.07) is -1.03. The van der Waals surface area contributed by atoms with Crippen LogP contribution >= 0.6 is 0 Å². The molecule has 8 atom stereocenters. The number of rotatable bonds is 50. The van der Waals surface area contributed by atoms with Crippen LogP contribution in [0.1, 0.15) is 271 Å². The van der Waals surface area contributed by atoms with Gasteiger partial charge in [-0.3, -0.25) is 9.59 Å². The van der Waals surface area contributed by atoms with Crippen molar-refractivity contribution in [3.63, 3.8) is 0 Å². The molecule has 1 heterocycles. The van der Waals surface area contributed by atoms with Crippen molar-refractivity contribution in [2.24, 2.45) is 0 Å². The average Bonchev–Trinajstić information content (AvgIpc) is 3.37. The van der Waals surface area contributed by atoms with Gasteiger partial charge in [0.05, 0.1) is 25.4 Å². The molecule has 1 amide bonds. The van der Waals surface area contributed by atoms with Crippen LogP contribution in [0.25, 0.3) is 0 Å². The maximum absolute atomic E-state index is 13.4. The van der Waals surface area contributed by atoms with E-state index in [-0.39, 0.29) is 19.4 Å². The Morgan fingerprint density at radius 3 is 1.37 bits per heavy atom. The van der Waals surface area contributed by atoms with Crippen LogP contribution in [0.15, 0.2) is 36.5 Å². The van der Waals surface area contributed by atoms with Gasteiger partial charge < -0.3 is 45.1 Å². The van der Waals surface area contributed by atoms with E-state index < -0.39 is 67.4 Å². The summed E-state index contributed by atoms with van der Waals surface area (Å²) in [4.78, 5) is 26.5. The highest BCUT2D eigenvalue weighted by Crippen LogP contribution is 2.26. The number of carbonyl (C=O) groups excluding carboxylic acids is 2. The number of carbonyl (C=O) groups is 2. The number of aliphatic hydroxyl groups is 5. The molecule has 0 saturated carbocycles. The van der Waals surface area contributed by atoms with E-state index in [4.69, 9.17) is 14.2 Å². The van der Waals surface area contributed by atoms with Crippen LogP contribution in [0.3, 0.4) is 0 Å². The van der Waals surface area contributed by atoms with E-state index in [0.29, 0.717) is 12.8 Å². The smallest absolute Gasteiger partial charge is 0.306 e. The minimum absolute atomic E-state index is 0.119. The molecule has 1 saturated heterocycles. The van der Waals surface area contributed by atoms with Gasteiger partial charge in [0, 0.05) is 6.42 Å². The molecule has 0 spiro atoms. The zero-order valence-corrected chi connectivity index (χ0v) is 45.9. The van der Waals surface area contributed by atoms with Crippen LogP contribution in [0.4, 0.5) is 0 Å². The molecule has 1 rings (SSSR count). The van der Waals surface area contributed by atoms with Gasteiger partial charge in [-0.15, -0.1) is 0 Å². The lowest BCUT2D eigenvalue weighted by Crippen LogP contribution is -2.61. The summed E-state index contributed by atoms with van der Waals surface area (Å²) in [6.07, 6.45) is 46.1. The predicted octanol–water partition coefficient (Wildman–Crippen LogP) is 13.5. The third-order valence-electron chi connectivity index (χ3n) is 14.0. The van der Waals surface area contributed by atoms with Crippen LogP contribution in [-0.4, -0.2) is 99.6 Å². The van der Waals surface area contributed by atoms with E-state index in [1.54, 1.807) is 6.08 Å². The molecule has 71 heavy (non-hydrogen) atoms. The third kappa shape index (κ3) is 37.3. The van der Waals surface area contributed by atoms with Crippen LogP contribution in [0, 0.1) is 0 Å². The number of ether oxygens (including phenoxy) is 3. The second-order valence-corrected chi connectivity index (χ2v) is 20.7. The standard InChI is InChI=1S/C60H111NO10/c1-4-7-10-13-16-19-22-25-26-27-28-30-33-36-39-42-45-48-55(65)71-58-57(67)56(66)54(49-62)70-60(58)69-50-51(52(63)46-43-40-37-34-32-29-23-20-17-14-11-8-5-2)61-59(68)53(64)47-44-41-38-35-31-24-21-18-15-12-9-6-3/h25-26,31,35,43,46,51-54,56-58,60,62-64,66-67H,4-24,27-30,32-34,36-42,44-45,47-50H2,1-3H3,(H,61,68)/b26-25+,35-31-,46-43+. The first-order chi connectivity index (χ1) is 34.7. The largest absolute Gasteiger partial charge is 0.454 e. The van der Waals surface area contributed by atoms with Gasteiger partial charge in [0.2, 0.25) is 5.91 Å². The predicted molar refractivity (Wildman–Crippen MR) is 292 cm³/mol. The second-order valence-electron chi connectivity index (χ2n) is 20.7. The molecule has 0 aromatic heterocycles. The molecule has 1 aliphatic heterocycles. The number of nitrogens with one attached hydrogen (secondary N) is 1. The van der Waals surface area contributed by atoms with E-state index in [9.17, 15) is 35.1 Å². The van der Waals surface area contributed by atoms with Gasteiger partial charge in [0.1, 0.15) is 24.4 Å². The average molecular weight is 1010 g/mol. The highest BCUT2D eigenvalue weighted by atomic mass is 16.7. The van der Waals surface area contributed by atoms with Crippen molar-refractivity contribution < 1.29 is 49.3 Å². The Labute approximate surface area is 434 Å². The summed E-state index contributed by atoms with van der Waals surface area (Å²) in [5.74, 6) is -1.21. The molecule has 0 aromatic carbocycles. The van der Waals surface area contributed by atoms with Crippen LogP contribution in [0.2, 0.25) is 0 Å². The van der Waals surface area contributed by atoms with Gasteiger partial charge in [0.25, 0.3) is 0 Å². The van der Waals surface area contributed by atoms with Crippen molar-refractivity contribution in [3.05, 3.63) is 36.5 Å². The van der Waals surface area contributed by atoms with Gasteiger partial charge in [-0.1, -0.05) is 224 Å². The van der Waals surface area contributed by atoms with Gasteiger partial charge in [-0.05, 0) is 77.0 Å². The Morgan fingerprint density at radius 2 is 0.930 bits per heavy atom. The zero-order chi connectivity index (χ0) is 51.8. The fourth-order valence-electron chi connectivity index (χ4n) is 9.23. The molecular formula is C60H111NO10.